The average Bonchev–Trinajstić information content (AvgIpc) is 2.97. The number of aliphatic carboxylic acids is 1. The van der Waals surface area contributed by atoms with E-state index in [-0.39, 0.29) is 25.0 Å². The fourth-order valence-corrected chi connectivity index (χ4v) is 3.56. The van der Waals surface area contributed by atoms with Crippen molar-refractivity contribution in [2.75, 3.05) is 12.1 Å². The molecule has 0 bridgehead atoms. The standard InChI is InChI=1S/C22H25N3O5/c1-24-18(13-8-14-19(26)27)20(21(28)25(24)17-11-6-3-7-12-17)23-22(29)30-15-16-9-4-2-5-10-16/h2-7,9-12,18,20H,8,13-15H2,1H3,(H,23,29)(H,26,27). The van der Waals surface area contributed by atoms with Gasteiger partial charge in [0.2, 0.25) is 0 Å². The SMILES string of the molecule is CN1C(CCCC(=O)O)C(NC(=O)OCc2ccccc2)C(=O)N1c1ccccc1. The van der Waals surface area contributed by atoms with Gasteiger partial charge in [-0.25, -0.2) is 14.8 Å². The van der Waals surface area contributed by atoms with Gasteiger partial charge in [0.1, 0.15) is 12.6 Å². The normalized spacial score (nSPS) is 19.0. The lowest BCUT2D eigenvalue weighted by molar-refractivity contribution is -0.137. The third kappa shape index (κ3) is 5.15. The largest absolute Gasteiger partial charge is 0.481 e. The van der Waals surface area contributed by atoms with Gasteiger partial charge in [0.25, 0.3) is 5.91 Å². The topological polar surface area (TPSA) is 99.2 Å². The molecule has 2 N–H and O–H groups in total. The average molecular weight is 411 g/mol. The molecule has 2 aromatic carbocycles. The van der Waals surface area contributed by atoms with E-state index >= 15 is 0 Å². The molecule has 0 radical (unpaired) electrons. The molecule has 8 nitrogen and oxygen atoms in total. The molecular weight excluding hydrogens is 386 g/mol. The molecule has 1 heterocycles. The Kier molecular flexibility index (Phi) is 7.03. The van der Waals surface area contributed by atoms with Gasteiger partial charge in [-0.15, -0.1) is 0 Å². The zero-order valence-corrected chi connectivity index (χ0v) is 16.7. The first-order valence-electron chi connectivity index (χ1n) is 9.78. The number of ether oxygens (including phenoxy) is 1. The highest BCUT2D eigenvalue weighted by molar-refractivity contribution is 6.00. The summed E-state index contributed by atoms with van der Waals surface area (Å²) in [5, 5.41) is 14.9. The number of carbonyl (C=O) groups is 3. The quantitative estimate of drug-likeness (QED) is 0.693. The molecule has 2 atom stereocenters. The number of hydrogen-bond donors (Lipinski definition) is 2. The molecule has 2 aromatic rings. The maximum absolute atomic E-state index is 13.1. The molecule has 0 spiro atoms. The highest BCUT2D eigenvalue weighted by atomic mass is 16.5. The summed E-state index contributed by atoms with van der Waals surface area (Å²) in [6.07, 6.45) is 0.123. The molecule has 1 saturated heterocycles. The van der Waals surface area contributed by atoms with Gasteiger partial charge in [-0.1, -0.05) is 48.5 Å². The smallest absolute Gasteiger partial charge is 0.408 e. The van der Waals surface area contributed by atoms with E-state index in [0.717, 1.165) is 5.56 Å². The van der Waals surface area contributed by atoms with Gasteiger partial charge in [-0.05, 0) is 30.5 Å². The van der Waals surface area contributed by atoms with E-state index in [9.17, 15) is 14.4 Å². The summed E-state index contributed by atoms with van der Waals surface area (Å²) >= 11 is 0. The number of rotatable bonds is 8. The number of carbonyl (C=O) groups excluding carboxylic acids is 2. The number of benzene rings is 2. The molecule has 1 aliphatic rings. The Morgan fingerprint density at radius 1 is 1.07 bits per heavy atom. The second-order valence-corrected chi connectivity index (χ2v) is 7.10. The minimum atomic E-state index is -0.895. The lowest BCUT2D eigenvalue weighted by atomic mass is 10.0. The van der Waals surface area contributed by atoms with Gasteiger partial charge in [0.05, 0.1) is 11.7 Å². The van der Waals surface area contributed by atoms with Crippen molar-refractivity contribution in [3.63, 3.8) is 0 Å². The van der Waals surface area contributed by atoms with Crippen LogP contribution in [0.25, 0.3) is 0 Å². The second kappa shape index (κ2) is 9.89. The number of amides is 2. The van der Waals surface area contributed by atoms with Crippen LogP contribution in [0.2, 0.25) is 0 Å². The van der Waals surface area contributed by atoms with Crippen LogP contribution in [0.1, 0.15) is 24.8 Å². The van der Waals surface area contributed by atoms with Crippen LogP contribution in [0.4, 0.5) is 10.5 Å². The van der Waals surface area contributed by atoms with Crippen molar-refractivity contribution >= 4 is 23.7 Å². The zero-order valence-electron chi connectivity index (χ0n) is 16.7. The molecule has 0 aromatic heterocycles. The molecule has 0 aliphatic carbocycles. The third-order valence-corrected chi connectivity index (χ3v) is 5.03. The van der Waals surface area contributed by atoms with E-state index in [1.165, 1.54) is 5.01 Å². The summed E-state index contributed by atoms with van der Waals surface area (Å²) in [6, 6.07) is 17.1. The summed E-state index contributed by atoms with van der Waals surface area (Å²) in [5.74, 6) is -1.19. The number of hydrazine groups is 1. The molecule has 1 fully saturated rings. The van der Waals surface area contributed by atoms with Crippen molar-refractivity contribution < 1.29 is 24.2 Å². The first kappa shape index (κ1) is 21.3. The van der Waals surface area contributed by atoms with Crippen molar-refractivity contribution in [1.29, 1.82) is 0 Å². The molecule has 30 heavy (non-hydrogen) atoms. The Bertz CT molecular complexity index is 875. The van der Waals surface area contributed by atoms with E-state index in [1.807, 2.05) is 48.5 Å². The first-order chi connectivity index (χ1) is 14.5. The van der Waals surface area contributed by atoms with Gasteiger partial charge in [-0.3, -0.25) is 9.59 Å². The lowest BCUT2D eigenvalue weighted by Crippen LogP contribution is -2.47. The van der Waals surface area contributed by atoms with Crippen molar-refractivity contribution in [1.82, 2.24) is 10.3 Å². The van der Waals surface area contributed by atoms with Crippen LogP contribution in [-0.4, -0.2) is 47.2 Å². The number of likely N-dealkylation sites (N-methyl/N-ethyl adjacent to an activating group) is 1. The van der Waals surface area contributed by atoms with Crippen LogP contribution in [0.5, 0.6) is 0 Å². The summed E-state index contributed by atoms with van der Waals surface area (Å²) in [7, 11) is 1.76. The number of carboxylic acids is 1. The number of para-hydroxylation sites is 1. The number of nitrogens with zero attached hydrogens (tertiary/aromatic N) is 2. The highest BCUT2D eigenvalue weighted by Gasteiger charge is 2.46. The fourth-order valence-electron chi connectivity index (χ4n) is 3.56. The van der Waals surface area contributed by atoms with Gasteiger partial charge in [-0.2, -0.15) is 0 Å². The van der Waals surface area contributed by atoms with E-state index in [2.05, 4.69) is 5.32 Å². The van der Waals surface area contributed by atoms with E-state index in [1.54, 1.807) is 24.2 Å². The van der Waals surface area contributed by atoms with Crippen LogP contribution < -0.4 is 10.3 Å². The molecular formula is C22H25N3O5. The molecule has 8 heteroatoms. The van der Waals surface area contributed by atoms with Gasteiger partial charge < -0.3 is 15.2 Å². The Morgan fingerprint density at radius 3 is 2.33 bits per heavy atom. The molecule has 0 saturated carbocycles. The van der Waals surface area contributed by atoms with Crippen LogP contribution in [-0.2, 0) is 20.9 Å². The predicted molar refractivity (Wildman–Crippen MR) is 111 cm³/mol. The number of alkyl carbamates (subject to hydrolysis) is 1. The Balaban J connectivity index is 1.71. The number of anilines is 1. The van der Waals surface area contributed by atoms with Crippen molar-refractivity contribution in [2.45, 2.75) is 38.0 Å². The van der Waals surface area contributed by atoms with E-state index in [4.69, 9.17) is 9.84 Å². The fraction of sp³-hybridized carbons (Fsp3) is 0.318. The molecule has 2 unspecified atom stereocenters. The Hall–Kier alpha value is -3.39. The Morgan fingerprint density at radius 2 is 1.70 bits per heavy atom. The summed E-state index contributed by atoms with van der Waals surface area (Å²) < 4.78 is 5.27. The maximum Gasteiger partial charge on any atom is 0.408 e. The second-order valence-electron chi connectivity index (χ2n) is 7.10. The van der Waals surface area contributed by atoms with Gasteiger partial charge in [0, 0.05) is 13.5 Å². The summed E-state index contributed by atoms with van der Waals surface area (Å²) in [6.45, 7) is 0.0928. The highest BCUT2D eigenvalue weighted by Crippen LogP contribution is 2.28. The first-order valence-corrected chi connectivity index (χ1v) is 9.78. The van der Waals surface area contributed by atoms with Crippen LogP contribution in [0.15, 0.2) is 60.7 Å². The predicted octanol–water partition coefficient (Wildman–Crippen LogP) is 2.80. The maximum atomic E-state index is 13.1. The van der Waals surface area contributed by atoms with E-state index in [0.29, 0.717) is 18.5 Å². The van der Waals surface area contributed by atoms with Crippen molar-refractivity contribution in [2.24, 2.45) is 0 Å². The number of carboxylic acid groups (broad SMARTS) is 1. The zero-order chi connectivity index (χ0) is 21.5. The lowest BCUT2D eigenvalue weighted by Gasteiger charge is -2.28. The van der Waals surface area contributed by atoms with Crippen LogP contribution in [0.3, 0.4) is 0 Å². The minimum absolute atomic E-state index is 0.00492. The van der Waals surface area contributed by atoms with Gasteiger partial charge >= 0.3 is 12.1 Å². The third-order valence-electron chi connectivity index (χ3n) is 5.03. The van der Waals surface area contributed by atoms with Crippen molar-refractivity contribution in [3.05, 3.63) is 66.2 Å². The van der Waals surface area contributed by atoms with E-state index < -0.39 is 18.1 Å². The number of nitrogens with one attached hydrogen (secondary N) is 1. The monoisotopic (exact) mass is 411 g/mol. The molecule has 1 aliphatic heterocycles. The summed E-state index contributed by atoms with van der Waals surface area (Å²) in [5.41, 5.74) is 1.52. The molecule has 3 rings (SSSR count). The number of hydrogen-bond acceptors (Lipinski definition) is 5. The Labute approximate surface area is 175 Å². The van der Waals surface area contributed by atoms with Gasteiger partial charge in [0.15, 0.2) is 0 Å². The van der Waals surface area contributed by atoms with Crippen LogP contribution in [0, 0.1) is 0 Å². The summed E-state index contributed by atoms with van der Waals surface area (Å²) in [4.78, 5) is 36.4. The van der Waals surface area contributed by atoms with Crippen LogP contribution >= 0.6 is 0 Å². The molecule has 158 valence electrons. The minimum Gasteiger partial charge on any atom is -0.481 e. The molecule has 2 amide bonds. The van der Waals surface area contributed by atoms with Crippen molar-refractivity contribution in [3.8, 4) is 0 Å².